The van der Waals surface area contributed by atoms with Gasteiger partial charge in [0.15, 0.2) is 0 Å². The third-order valence-corrected chi connectivity index (χ3v) is 4.50. The average Bonchev–Trinajstić information content (AvgIpc) is 3.00. The number of carbonyl (C=O) groups is 1. The first kappa shape index (κ1) is 11.7. The van der Waals surface area contributed by atoms with E-state index in [1.54, 1.807) is 7.11 Å². The minimum absolute atomic E-state index is 0.0113. The highest BCUT2D eigenvalue weighted by Gasteiger charge is 2.58. The van der Waals surface area contributed by atoms with Crippen LogP contribution >= 0.6 is 0 Å². The molecule has 0 aromatic carbocycles. The van der Waals surface area contributed by atoms with Crippen molar-refractivity contribution in [3.05, 3.63) is 0 Å². The van der Waals surface area contributed by atoms with Gasteiger partial charge in [0.2, 0.25) is 0 Å². The Bertz CT molecular complexity index is 299. The molecular weight excluding hydrogens is 204 g/mol. The number of amides is 2. The number of carbonyl (C=O) groups excluding carboxylic acids is 1. The smallest absolute Gasteiger partial charge is 0.315 e. The van der Waals surface area contributed by atoms with Crippen molar-refractivity contribution < 1.29 is 9.53 Å². The fourth-order valence-corrected chi connectivity index (χ4v) is 2.34. The van der Waals surface area contributed by atoms with Crippen LogP contribution in [0.4, 0.5) is 4.79 Å². The molecule has 0 heterocycles. The predicted molar refractivity (Wildman–Crippen MR) is 62.3 cm³/mol. The third-order valence-electron chi connectivity index (χ3n) is 4.50. The van der Waals surface area contributed by atoms with Crippen LogP contribution in [-0.2, 0) is 4.74 Å². The molecule has 2 rings (SSSR count). The summed E-state index contributed by atoms with van der Waals surface area (Å²) in [6.45, 7) is 6.38. The summed E-state index contributed by atoms with van der Waals surface area (Å²) in [5.41, 5.74) is -0.132. The van der Waals surface area contributed by atoms with Crippen LogP contribution in [-0.4, -0.2) is 30.8 Å². The van der Waals surface area contributed by atoms with Crippen molar-refractivity contribution in [2.45, 2.75) is 57.7 Å². The van der Waals surface area contributed by atoms with Gasteiger partial charge in [-0.25, -0.2) is 4.79 Å². The first-order chi connectivity index (χ1) is 7.39. The van der Waals surface area contributed by atoms with Crippen LogP contribution in [0, 0.1) is 5.41 Å². The number of hydrogen-bond donors (Lipinski definition) is 2. The Morgan fingerprint density at radius 3 is 2.31 bits per heavy atom. The molecule has 2 aliphatic rings. The van der Waals surface area contributed by atoms with Crippen molar-refractivity contribution in [3.63, 3.8) is 0 Å². The summed E-state index contributed by atoms with van der Waals surface area (Å²) in [6, 6.07) is 0.590. The van der Waals surface area contributed by atoms with E-state index in [0.717, 1.165) is 19.3 Å². The van der Waals surface area contributed by atoms with E-state index in [9.17, 15) is 4.79 Å². The number of ether oxygens (including phenoxy) is 1. The molecule has 0 aliphatic heterocycles. The van der Waals surface area contributed by atoms with Gasteiger partial charge >= 0.3 is 6.03 Å². The minimum Gasteiger partial charge on any atom is -0.378 e. The third kappa shape index (κ3) is 1.79. The molecule has 2 fully saturated rings. The van der Waals surface area contributed by atoms with E-state index in [2.05, 4.69) is 31.4 Å². The summed E-state index contributed by atoms with van der Waals surface area (Å²) in [5.74, 6) is 0. The predicted octanol–water partition coefficient (Wildman–Crippen LogP) is 1.65. The quantitative estimate of drug-likeness (QED) is 0.769. The molecule has 4 heteroatoms. The highest BCUT2D eigenvalue weighted by atomic mass is 16.5. The monoisotopic (exact) mass is 226 g/mol. The van der Waals surface area contributed by atoms with Gasteiger partial charge in [-0.05, 0) is 26.2 Å². The second-order valence-electron chi connectivity index (χ2n) is 5.81. The van der Waals surface area contributed by atoms with Gasteiger partial charge in [0, 0.05) is 24.6 Å². The average molecular weight is 226 g/mol. The summed E-state index contributed by atoms with van der Waals surface area (Å²) in [6.07, 6.45) is 3.13. The Kier molecular flexibility index (Phi) is 2.65. The lowest BCUT2D eigenvalue weighted by atomic mass is 9.56. The van der Waals surface area contributed by atoms with Crippen molar-refractivity contribution in [2.24, 2.45) is 5.41 Å². The van der Waals surface area contributed by atoms with Crippen molar-refractivity contribution in [3.8, 4) is 0 Å². The van der Waals surface area contributed by atoms with Gasteiger partial charge in [-0.2, -0.15) is 0 Å². The lowest BCUT2D eigenvalue weighted by Crippen LogP contribution is -2.69. The topological polar surface area (TPSA) is 50.4 Å². The number of urea groups is 1. The van der Waals surface area contributed by atoms with Gasteiger partial charge in [0.05, 0.1) is 5.60 Å². The van der Waals surface area contributed by atoms with Gasteiger partial charge in [-0.1, -0.05) is 13.8 Å². The molecule has 2 saturated carbocycles. The molecule has 92 valence electrons. The number of nitrogens with one attached hydrogen (secondary N) is 2. The summed E-state index contributed by atoms with van der Waals surface area (Å²) in [5, 5.41) is 5.98. The van der Waals surface area contributed by atoms with E-state index in [1.807, 2.05) is 0 Å². The Morgan fingerprint density at radius 1 is 1.25 bits per heavy atom. The Labute approximate surface area is 97.1 Å². The molecule has 2 N–H and O–H groups in total. The fourth-order valence-electron chi connectivity index (χ4n) is 2.34. The Morgan fingerprint density at radius 2 is 1.88 bits per heavy atom. The van der Waals surface area contributed by atoms with Gasteiger partial charge in [0.1, 0.15) is 0 Å². The van der Waals surface area contributed by atoms with Crippen LogP contribution in [0.5, 0.6) is 0 Å². The summed E-state index contributed by atoms with van der Waals surface area (Å²) in [7, 11) is 1.74. The van der Waals surface area contributed by atoms with Gasteiger partial charge < -0.3 is 15.4 Å². The van der Waals surface area contributed by atoms with E-state index in [1.165, 1.54) is 0 Å². The Hall–Kier alpha value is -0.770. The number of rotatable bonds is 3. The largest absolute Gasteiger partial charge is 0.378 e. The zero-order valence-corrected chi connectivity index (χ0v) is 10.6. The van der Waals surface area contributed by atoms with Crippen molar-refractivity contribution in [2.75, 3.05) is 7.11 Å². The molecule has 0 saturated heterocycles. The zero-order valence-electron chi connectivity index (χ0n) is 10.6. The van der Waals surface area contributed by atoms with Crippen LogP contribution in [0.1, 0.15) is 40.0 Å². The second-order valence-corrected chi connectivity index (χ2v) is 5.81. The SMILES string of the molecule is CO[C@]1(C)C[C@@H](NC(=O)NC2CC2)C1(C)C. The molecule has 4 nitrogen and oxygen atoms in total. The normalized spacial score (nSPS) is 36.4. The molecule has 2 aliphatic carbocycles. The van der Waals surface area contributed by atoms with E-state index in [-0.39, 0.29) is 23.1 Å². The highest BCUT2D eigenvalue weighted by Crippen LogP contribution is 2.51. The van der Waals surface area contributed by atoms with Crippen LogP contribution in [0.25, 0.3) is 0 Å². The maximum atomic E-state index is 11.6. The van der Waals surface area contributed by atoms with Crippen LogP contribution in [0.15, 0.2) is 0 Å². The van der Waals surface area contributed by atoms with Crippen molar-refractivity contribution in [1.29, 1.82) is 0 Å². The number of methoxy groups -OCH3 is 1. The molecule has 0 spiro atoms. The highest BCUT2D eigenvalue weighted by molar-refractivity contribution is 5.75. The van der Waals surface area contributed by atoms with E-state index < -0.39 is 0 Å². The molecule has 2 amide bonds. The van der Waals surface area contributed by atoms with Crippen molar-refractivity contribution in [1.82, 2.24) is 10.6 Å². The summed E-state index contributed by atoms with van der Waals surface area (Å²) in [4.78, 5) is 11.6. The van der Waals surface area contributed by atoms with E-state index in [0.29, 0.717) is 6.04 Å². The lowest BCUT2D eigenvalue weighted by molar-refractivity contribution is -0.177. The van der Waals surface area contributed by atoms with E-state index in [4.69, 9.17) is 4.74 Å². The van der Waals surface area contributed by atoms with Gasteiger partial charge in [-0.15, -0.1) is 0 Å². The van der Waals surface area contributed by atoms with Crippen LogP contribution < -0.4 is 10.6 Å². The fraction of sp³-hybridized carbons (Fsp3) is 0.917. The second kappa shape index (κ2) is 3.62. The maximum Gasteiger partial charge on any atom is 0.315 e. The van der Waals surface area contributed by atoms with E-state index >= 15 is 0 Å². The first-order valence-corrected chi connectivity index (χ1v) is 6.01. The molecule has 16 heavy (non-hydrogen) atoms. The van der Waals surface area contributed by atoms with Gasteiger partial charge in [0.25, 0.3) is 0 Å². The lowest BCUT2D eigenvalue weighted by Gasteiger charge is -2.59. The summed E-state index contributed by atoms with van der Waals surface area (Å²) >= 11 is 0. The molecule has 0 bridgehead atoms. The standard InChI is InChI=1S/C12H22N2O2/c1-11(2)9(7-12(11,3)16-4)14-10(15)13-8-5-6-8/h8-9H,5-7H2,1-4H3,(H2,13,14,15)/t9-,12-/m1/s1. The maximum absolute atomic E-state index is 11.6. The molecular formula is C12H22N2O2. The molecule has 0 aromatic rings. The molecule has 0 unspecified atom stereocenters. The van der Waals surface area contributed by atoms with Gasteiger partial charge in [-0.3, -0.25) is 0 Å². The summed E-state index contributed by atoms with van der Waals surface area (Å²) < 4.78 is 5.52. The van der Waals surface area contributed by atoms with Crippen LogP contribution in [0.2, 0.25) is 0 Å². The first-order valence-electron chi connectivity index (χ1n) is 6.01. The molecule has 0 aromatic heterocycles. The Balaban J connectivity index is 1.85. The molecule has 2 atom stereocenters. The number of hydrogen-bond acceptors (Lipinski definition) is 2. The van der Waals surface area contributed by atoms with Crippen LogP contribution in [0.3, 0.4) is 0 Å². The minimum atomic E-state index is -0.121. The zero-order chi connectivity index (χ0) is 12.0. The van der Waals surface area contributed by atoms with Crippen molar-refractivity contribution >= 4 is 6.03 Å². The molecule has 0 radical (unpaired) electrons.